The van der Waals surface area contributed by atoms with E-state index in [0.717, 1.165) is 17.7 Å². The van der Waals surface area contributed by atoms with Crippen LogP contribution in [0.1, 0.15) is 12.0 Å². The zero-order valence-corrected chi connectivity index (χ0v) is 17.1. The number of sulfonamides is 1. The molecule has 0 fully saturated rings. The third kappa shape index (κ3) is 7.58. The van der Waals surface area contributed by atoms with Gasteiger partial charge in [-0.3, -0.25) is 4.99 Å². The predicted octanol–water partition coefficient (Wildman–Crippen LogP) is 1.91. The minimum atomic E-state index is -3.50. The van der Waals surface area contributed by atoms with Gasteiger partial charge in [0.15, 0.2) is 5.96 Å². The fourth-order valence-corrected chi connectivity index (χ4v) is 3.41. The molecule has 0 heterocycles. The highest BCUT2D eigenvalue weighted by Gasteiger charge is 2.12. The molecule has 8 heteroatoms. The normalized spacial score (nSPS) is 11.9. The molecule has 0 bridgehead atoms. The molecule has 7 nitrogen and oxygen atoms in total. The summed E-state index contributed by atoms with van der Waals surface area (Å²) in [6.45, 7) is 3.89. The number of ether oxygens (including phenoxy) is 1. The van der Waals surface area contributed by atoms with Crippen LogP contribution in [0, 0.1) is 6.92 Å². The van der Waals surface area contributed by atoms with Crippen molar-refractivity contribution in [3.63, 3.8) is 0 Å². The second kappa shape index (κ2) is 11.3. The highest BCUT2D eigenvalue weighted by molar-refractivity contribution is 7.89. The smallest absolute Gasteiger partial charge is 0.240 e. The van der Waals surface area contributed by atoms with Crippen molar-refractivity contribution in [1.82, 2.24) is 15.4 Å². The molecule has 152 valence electrons. The van der Waals surface area contributed by atoms with Gasteiger partial charge in [-0.25, -0.2) is 13.1 Å². The van der Waals surface area contributed by atoms with E-state index >= 15 is 0 Å². The lowest BCUT2D eigenvalue weighted by atomic mass is 10.2. The van der Waals surface area contributed by atoms with Gasteiger partial charge in [0.1, 0.15) is 5.75 Å². The number of guanidine groups is 1. The zero-order valence-electron chi connectivity index (χ0n) is 16.3. The van der Waals surface area contributed by atoms with Crippen LogP contribution in [0.4, 0.5) is 0 Å². The van der Waals surface area contributed by atoms with Gasteiger partial charge < -0.3 is 15.4 Å². The Bertz CT molecular complexity index is 838. The van der Waals surface area contributed by atoms with Crippen LogP contribution < -0.4 is 20.1 Å². The number of nitrogens with one attached hydrogen (secondary N) is 3. The molecule has 2 rings (SSSR count). The number of aryl methyl sites for hydroxylation is 1. The van der Waals surface area contributed by atoms with Crippen LogP contribution in [-0.2, 0) is 10.0 Å². The molecule has 0 saturated heterocycles. The number of hydrogen-bond donors (Lipinski definition) is 3. The Labute approximate surface area is 167 Å². The van der Waals surface area contributed by atoms with E-state index in [2.05, 4.69) is 20.3 Å². The summed E-state index contributed by atoms with van der Waals surface area (Å²) < 4.78 is 32.6. The molecule has 2 aromatic carbocycles. The van der Waals surface area contributed by atoms with E-state index in [-0.39, 0.29) is 11.4 Å². The molecular formula is C20H28N4O3S. The second-order valence-corrected chi connectivity index (χ2v) is 7.92. The molecule has 0 radical (unpaired) electrons. The summed E-state index contributed by atoms with van der Waals surface area (Å²) >= 11 is 0. The first-order valence-electron chi connectivity index (χ1n) is 9.20. The molecule has 0 aromatic heterocycles. The maximum atomic E-state index is 12.2. The van der Waals surface area contributed by atoms with Crippen LogP contribution in [0.15, 0.2) is 64.5 Å². The van der Waals surface area contributed by atoms with Gasteiger partial charge in [0, 0.05) is 26.7 Å². The summed E-state index contributed by atoms with van der Waals surface area (Å²) in [5, 5.41) is 6.26. The SMILES string of the molecule is CN=C(NCCCOc1ccccc1)NCCNS(=O)(=O)c1ccc(C)cc1. The topological polar surface area (TPSA) is 91.8 Å². The third-order valence-electron chi connectivity index (χ3n) is 3.89. The summed E-state index contributed by atoms with van der Waals surface area (Å²) in [5.41, 5.74) is 1.02. The summed E-state index contributed by atoms with van der Waals surface area (Å²) in [7, 11) is -1.83. The molecule has 0 aliphatic heterocycles. The minimum absolute atomic E-state index is 0.258. The quantitative estimate of drug-likeness (QED) is 0.320. The van der Waals surface area contributed by atoms with Gasteiger partial charge >= 0.3 is 0 Å². The van der Waals surface area contributed by atoms with Crippen LogP contribution >= 0.6 is 0 Å². The fraction of sp³-hybridized carbons (Fsp3) is 0.350. The summed E-state index contributed by atoms with van der Waals surface area (Å²) in [6, 6.07) is 16.4. The van der Waals surface area contributed by atoms with Crippen molar-refractivity contribution in [3.8, 4) is 5.75 Å². The maximum absolute atomic E-state index is 12.2. The largest absolute Gasteiger partial charge is 0.494 e. The van der Waals surface area contributed by atoms with E-state index in [1.54, 1.807) is 31.3 Å². The molecule has 0 atom stereocenters. The van der Waals surface area contributed by atoms with Gasteiger partial charge in [0.25, 0.3) is 0 Å². The van der Waals surface area contributed by atoms with Gasteiger partial charge in [-0.1, -0.05) is 35.9 Å². The number of rotatable bonds is 10. The van der Waals surface area contributed by atoms with Crippen molar-refractivity contribution in [1.29, 1.82) is 0 Å². The number of hydrogen-bond acceptors (Lipinski definition) is 4. The Balaban J connectivity index is 1.62. The Morgan fingerprint density at radius 2 is 1.64 bits per heavy atom. The lowest BCUT2D eigenvalue weighted by molar-refractivity contribution is 0.311. The Morgan fingerprint density at radius 1 is 0.964 bits per heavy atom. The first kappa shape index (κ1) is 21.7. The Kier molecular flexibility index (Phi) is 8.77. The summed E-state index contributed by atoms with van der Waals surface area (Å²) in [4.78, 5) is 4.39. The fourth-order valence-electron chi connectivity index (χ4n) is 2.37. The average Bonchev–Trinajstić information content (AvgIpc) is 2.70. The predicted molar refractivity (Wildman–Crippen MR) is 112 cm³/mol. The van der Waals surface area contributed by atoms with Crippen LogP contribution in [0.2, 0.25) is 0 Å². The molecule has 0 amide bonds. The Morgan fingerprint density at radius 3 is 2.32 bits per heavy atom. The van der Waals surface area contributed by atoms with Crippen molar-refractivity contribution >= 4 is 16.0 Å². The number of para-hydroxylation sites is 1. The lowest BCUT2D eigenvalue weighted by Gasteiger charge is -2.13. The number of nitrogens with zero attached hydrogens (tertiary/aromatic N) is 1. The molecule has 0 saturated carbocycles. The number of benzene rings is 2. The molecule has 0 aliphatic rings. The highest BCUT2D eigenvalue weighted by Crippen LogP contribution is 2.09. The van der Waals surface area contributed by atoms with E-state index in [4.69, 9.17) is 4.74 Å². The molecule has 0 unspecified atom stereocenters. The minimum Gasteiger partial charge on any atom is -0.494 e. The molecule has 0 spiro atoms. The van der Waals surface area contributed by atoms with E-state index in [0.29, 0.717) is 25.7 Å². The molecule has 2 aromatic rings. The van der Waals surface area contributed by atoms with Crippen LogP contribution in [0.3, 0.4) is 0 Å². The molecular weight excluding hydrogens is 376 g/mol. The van der Waals surface area contributed by atoms with E-state index < -0.39 is 10.0 Å². The van der Waals surface area contributed by atoms with Crippen molar-refractivity contribution < 1.29 is 13.2 Å². The van der Waals surface area contributed by atoms with Crippen LogP contribution in [-0.4, -0.2) is 47.7 Å². The maximum Gasteiger partial charge on any atom is 0.240 e. The first-order chi connectivity index (χ1) is 13.5. The van der Waals surface area contributed by atoms with E-state index in [9.17, 15) is 8.42 Å². The van der Waals surface area contributed by atoms with Gasteiger partial charge in [-0.2, -0.15) is 0 Å². The summed E-state index contributed by atoms with van der Waals surface area (Å²) in [6.07, 6.45) is 0.815. The zero-order chi connectivity index (χ0) is 20.2. The average molecular weight is 405 g/mol. The standard InChI is InChI=1S/C20H28N4O3S/c1-17-9-11-19(12-10-17)28(25,26)24-15-14-23-20(21-2)22-13-6-16-27-18-7-4-3-5-8-18/h3-5,7-12,24H,6,13-16H2,1-2H3,(H2,21,22,23). The molecule has 0 aliphatic carbocycles. The lowest BCUT2D eigenvalue weighted by Crippen LogP contribution is -2.42. The molecule has 28 heavy (non-hydrogen) atoms. The highest BCUT2D eigenvalue weighted by atomic mass is 32.2. The van der Waals surface area contributed by atoms with Gasteiger partial charge in [0.2, 0.25) is 10.0 Å². The van der Waals surface area contributed by atoms with Crippen LogP contribution in [0.25, 0.3) is 0 Å². The van der Waals surface area contributed by atoms with Gasteiger partial charge in [-0.05, 0) is 37.6 Å². The Hall–Kier alpha value is -2.58. The summed E-state index contributed by atoms with van der Waals surface area (Å²) in [5.74, 6) is 1.47. The third-order valence-corrected chi connectivity index (χ3v) is 5.37. The van der Waals surface area contributed by atoms with Gasteiger partial charge in [0.05, 0.1) is 11.5 Å². The van der Waals surface area contributed by atoms with Crippen molar-refractivity contribution in [2.75, 3.05) is 33.3 Å². The van der Waals surface area contributed by atoms with Crippen molar-refractivity contribution in [2.24, 2.45) is 4.99 Å². The number of aliphatic imine (C=N–C) groups is 1. The van der Waals surface area contributed by atoms with Crippen molar-refractivity contribution in [3.05, 3.63) is 60.2 Å². The van der Waals surface area contributed by atoms with Crippen LogP contribution in [0.5, 0.6) is 5.75 Å². The first-order valence-corrected chi connectivity index (χ1v) is 10.7. The van der Waals surface area contributed by atoms with Crippen molar-refractivity contribution in [2.45, 2.75) is 18.2 Å². The van der Waals surface area contributed by atoms with E-state index in [1.165, 1.54) is 0 Å². The molecule has 3 N–H and O–H groups in total. The van der Waals surface area contributed by atoms with E-state index in [1.807, 2.05) is 37.3 Å². The monoisotopic (exact) mass is 404 g/mol. The van der Waals surface area contributed by atoms with Gasteiger partial charge in [-0.15, -0.1) is 0 Å². The second-order valence-electron chi connectivity index (χ2n) is 6.15.